The molecule has 2 rings (SSSR count). The van der Waals surface area contributed by atoms with Gasteiger partial charge in [-0.1, -0.05) is 0 Å². The topological polar surface area (TPSA) is 67.2 Å². The second-order valence-electron chi connectivity index (χ2n) is 6.05. The lowest BCUT2D eigenvalue weighted by atomic mass is 9.89. The Morgan fingerprint density at radius 1 is 1.26 bits per heavy atom. The van der Waals surface area contributed by atoms with Gasteiger partial charge in [0.25, 0.3) is 0 Å². The number of aromatic nitrogens is 2. The predicted octanol–water partition coefficient (Wildman–Crippen LogP) is 0.436. The van der Waals surface area contributed by atoms with Gasteiger partial charge >= 0.3 is 0 Å². The van der Waals surface area contributed by atoms with Crippen molar-refractivity contribution in [3.63, 3.8) is 0 Å². The summed E-state index contributed by atoms with van der Waals surface area (Å²) in [6, 6.07) is 0. The van der Waals surface area contributed by atoms with E-state index in [0.29, 0.717) is 6.54 Å². The van der Waals surface area contributed by atoms with Gasteiger partial charge in [-0.25, -0.2) is 0 Å². The first-order valence-electron chi connectivity index (χ1n) is 6.27. The second kappa shape index (κ2) is 4.08. The van der Waals surface area contributed by atoms with E-state index in [9.17, 15) is 9.59 Å². The average Bonchev–Trinajstić information content (AvgIpc) is 2.68. The smallest absolute Gasteiger partial charge is 0.248 e. The van der Waals surface area contributed by atoms with E-state index in [1.807, 2.05) is 13.2 Å². The molecule has 1 aliphatic heterocycles. The number of aryl methyl sites for hydroxylation is 1. The Hall–Kier alpha value is -1.85. The van der Waals surface area contributed by atoms with Crippen molar-refractivity contribution in [3.8, 4) is 0 Å². The number of piperazine rings is 1. The van der Waals surface area contributed by atoms with Gasteiger partial charge < -0.3 is 10.2 Å². The largest absolute Gasteiger partial charge is 0.340 e. The minimum absolute atomic E-state index is 0.0825. The monoisotopic (exact) mass is 264 g/mol. The van der Waals surface area contributed by atoms with Crippen molar-refractivity contribution in [1.29, 1.82) is 0 Å². The van der Waals surface area contributed by atoms with Gasteiger partial charge in [0.15, 0.2) is 0 Å². The van der Waals surface area contributed by atoms with Crippen LogP contribution in [-0.2, 0) is 23.2 Å². The van der Waals surface area contributed by atoms with Crippen molar-refractivity contribution in [2.45, 2.75) is 45.3 Å². The maximum atomic E-state index is 12.5. The molecule has 0 aromatic carbocycles. The fraction of sp³-hybridized carbons (Fsp3) is 0.615. The molecule has 1 aromatic rings. The number of carbonyl (C=O) groups is 2. The molecule has 6 heteroatoms. The van der Waals surface area contributed by atoms with Crippen molar-refractivity contribution < 1.29 is 9.59 Å². The highest BCUT2D eigenvalue weighted by Gasteiger charge is 2.49. The lowest BCUT2D eigenvalue weighted by molar-refractivity contribution is -0.160. The Bertz CT molecular complexity index is 531. The molecule has 0 spiro atoms. The van der Waals surface area contributed by atoms with Gasteiger partial charge in [-0.05, 0) is 27.7 Å². The summed E-state index contributed by atoms with van der Waals surface area (Å²) in [5, 5.41) is 6.85. The molecule has 104 valence electrons. The first-order valence-corrected chi connectivity index (χ1v) is 6.27. The highest BCUT2D eigenvalue weighted by atomic mass is 16.2. The number of nitrogens with zero attached hydrogens (tertiary/aromatic N) is 3. The van der Waals surface area contributed by atoms with Crippen molar-refractivity contribution in [2.24, 2.45) is 7.05 Å². The zero-order valence-corrected chi connectivity index (χ0v) is 12.0. The van der Waals surface area contributed by atoms with Crippen LogP contribution in [0.3, 0.4) is 0 Å². The highest BCUT2D eigenvalue weighted by Crippen LogP contribution is 2.27. The van der Waals surface area contributed by atoms with Gasteiger partial charge in [0.1, 0.15) is 11.1 Å². The molecule has 1 aliphatic rings. The predicted molar refractivity (Wildman–Crippen MR) is 70.1 cm³/mol. The standard InChI is InChI=1S/C13H20N4O2/c1-12(2)11(19)17(13(3,4)10(18)15-12)8-9-6-14-16(5)7-9/h6-7H,8H2,1-5H3,(H,15,18). The van der Waals surface area contributed by atoms with E-state index >= 15 is 0 Å². The summed E-state index contributed by atoms with van der Waals surface area (Å²) in [7, 11) is 1.82. The normalized spacial score (nSPS) is 21.4. The van der Waals surface area contributed by atoms with Crippen LogP contribution < -0.4 is 5.32 Å². The Morgan fingerprint density at radius 3 is 2.42 bits per heavy atom. The number of nitrogens with one attached hydrogen (secondary N) is 1. The van der Waals surface area contributed by atoms with E-state index in [-0.39, 0.29) is 11.8 Å². The molecular formula is C13H20N4O2. The average molecular weight is 264 g/mol. The first kappa shape index (κ1) is 13.6. The van der Waals surface area contributed by atoms with E-state index in [0.717, 1.165) is 5.56 Å². The third kappa shape index (κ3) is 2.22. The molecule has 0 saturated carbocycles. The molecule has 19 heavy (non-hydrogen) atoms. The van der Waals surface area contributed by atoms with E-state index in [1.54, 1.807) is 43.5 Å². The quantitative estimate of drug-likeness (QED) is 0.842. The van der Waals surface area contributed by atoms with E-state index in [1.165, 1.54) is 0 Å². The Kier molecular flexibility index (Phi) is 2.91. The van der Waals surface area contributed by atoms with Crippen molar-refractivity contribution in [3.05, 3.63) is 18.0 Å². The fourth-order valence-corrected chi connectivity index (χ4v) is 2.21. The Balaban J connectivity index is 2.33. The van der Waals surface area contributed by atoms with Crippen LogP contribution in [0.25, 0.3) is 0 Å². The summed E-state index contributed by atoms with van der Waals surface area (Å²) in [5.41, 5.74) is -0.813. The van der Waals surface area contributed by atoms with E-state index in [2.05, 4.69) is 10.4 Å². The van der Waals surface area contributed by atoms with Crippen LogP contribution >= 0.6 is 0 Å². The van der Waals surface area contributed by atoms with Gasteiger partial charge in [-0.2, -0.15) is 5.10 Å². The third-order valence-electron chi connectivity index (χ3n) is 3.54. The lowest BCUT2D eigenvalue weighted by Gasteiger charge is -2.47. The molecule has 0 radical (unpaired) electrons. The molecule has 2 heterocycles. The van der Waals surface area contributed by atoms with Crippen molar-refractivity contribution >= 4 is 11.8 Å². The summed E-state index contributed by atoms with van der Waals surface area (Å²) >= 11 is 0. The maximum absolute atomic E-state index is 12.5. The van der Waals surface area contributed by atoms with Crippen LogP contribution in [0.5, 0.6) is 0 Å². The van der Waals surface area contributed by atoms with E-state index < -0.39 is 11.1 Å². The number of rotatable bonds is 2. The van der Waals surface area contributed by atoms with Crippen LogP contribution in [0.2, 0.25) is 0 Å². The van der Waals surface area contributed by atoms with Crippen LogP contribution in [0.15, 0.2) is 12.4 Å². The minimum Gasteiger partial charge on any atom is -0.340 e. The van der Waals surface area contributed by atoms with Gasteiger partial charge in [-0.15, -0.1) is 0 Å². The molecule has 1 aromatic heterocycles. The summed E-state index contributed by atoms with van der Waals surface area (Å²) in [5.74, 6) is -0.220. The third-order valence-corrected chi connectivity index (χ3v) is 3.54. The van der Waals surface area contributed by atoms with Crippen LogP contribution in [0, 0.1) is 0 Å². The van der Waals surface area contributed by atoms with Gasteiger partial charge in [0.2, 0.25) is 11.8 Å². The molecule has 2 amide bonds. The van der Waals surface area contributed by atoms with Crippen LogP contribution in [0.1, 0.15) is 33.3 Å². The molecule has 1 fully saturated rings. The zero-order valence-electron chi connectivity index (χ0n) is 12.0. The molecule has 1 saturated heterocycles. The SMILES string of the molecule is Cn1cc(CN2C(=O)C(C)(C)NC(=O)C2(C)C)cn1. The Morgan fingerprint density at radius 2 is 1.89 bits per heavy atom. The minimum atomic E-state index is -0.866. The molecular weight excluding hydrogens is 244 g/mol. The van der Waals surface area contributed by atoms with Gasteiger partial charge in [0.05, 0.1) is 6.20 Å². The summed E-state index contributed by atoms with van der Waals surface area (Å²) < 4.78 is 1.68. The molecule has 0 bridgehead atoms. The maximum Gasteiger partial charge on any atom is 0.248 e. The summed E-state index contributed by atoms with van der Waals surface area (Å²) in [6.45, 7) is 7.34. The number of amides is 2. The number of hydrogen-bond donors (Lipinski definition) is 1. The highest BCUT2D eigenvalue weighted by molar-refractivity contribution is 6.01. The van der Waals surface area contributed by atoms with Crippen molar-refractivity contribution in [2.75, 3.05) is 0 Å². The van der Waals surface area contributed by atoms with Crippen molar-refractivity contribution in [1.82, 2.24) is 20.0 Å². The lowest BCUT2D eigenvalue weighted by Crippen LogP contribution is -2.71. The van der Waals surface area contributed by atoms with E-state index in [4.69, 9.17) is 0 Å². The van der Waals surface area contributed by atoms with Crippen LogP contribution in [0.4, 0.5) is 0 Å². The molecule has 0 unspecified atom stereocenters. The van der Waals surface area contributed by atoms with Gasteiger partial charge in [0, 0.05) is 25.4 Å². The fourth-order valence-electron chi connectivity index (χ4n) is 2.21. The summed E-state index contributed by atoms with van der Waals surface area (Å²) in [6.07, 6.45) is 3.56. The Labute approximate surface area is 112 Å². The first-order chi connectivity index (χ1) is 8.64. The molecule has 0 aliphatic carbocycles. The number of hydrogen-bond acceptors (Lipinski definition) is 3. The van der Waals surface area contributed by atoms with Gasteiger partial charge in [-0.3, -0.25) is 14.3 Å². The zero-order chi connectivity index (χ0) is 14.4. The molecule has 0 atom stereocenters. The summed E-state index contributed by atoms with van der Waals surface area (Å²) in [4.78, 5) is 26.3. The number of carbonyl (C=O) groups excluding carboxylic acids is 2. The van der Waals surface area contributed by atoms with Crippen LogP contribution in [-0.4, -0.2) is 37.6 Å². The molecule has 6 nitrogen and oxygen atoms in total. The molecule has 1 N–H and O–H groups in total. The second-order valence-corrected chi connectivity index (χ2v) is 6.05.